The van der Waals surface area contributed by atoms with Crippen molar-refractivity contribution in [1.82, 2.24) is 14.9 Å². The number of hydrogen-bond acceptors (Lipinski definition) is 6. The largest absolute Gasteiger partial charge is 0.493 e. The number of halogens is 1. The molecule has 0 amide bonds. The normalized spacial score (nSPS) is 10.4. The van der Waals surface area contributed by atoms with Crippen LogP contribution in [0.25, 0.3) is 11.4 Å². The molecule has 0 unspecified atom stereocenters. The molecule has 0 aliphatic carbocycles. The van der Waals surface area contributed by atoms with E-state index < -0.39 is 0 Å². The first-order chi connectivity index (χ1) is 12.2. The van der Waals surface area contributed by atoms with Crippen LogP contribution in [-0.2, 0) is 0 Å². The molecule has 0 bridgehead atoms. The van der Waals surface area contributed by atoms with Gasteiger partial charge in [0, 0.05) is 15.8 Å². The van der Waals surface area contributed by atoms with Crippen LogP contribution >= 0.6 is 27.7 Å². The Morgan fingerprint density at radius 3 is 2.84 bits per heavy atom. The summed E-state index contributed by atoms with van der Waals surface area (Å²) in [6.45, 7) is 0.469. The number of rotatable bonds is 6. The summed E-state index contributed by atoms with van der Waals surface area (Å²) < 4.78 is 8.02. The maximum atomic E-state index is 8.88. The number of aromatic nitrogens is 3. The zero-order valence-corrected chi connectivity index (χ0v) is 15.5. The fraction of sp³-hybridized carbons (Fsp3) is 0.118. The monoisotopic (exact) mass is 415 g/mol. The van der Waals surface area contributed by atoms with E-state index in [1.165, 1.54) is 16.4 Å². The molecule has 8 heteroatoms. The Hall–Kier alpha value is -2.50. The molecule has 6 nitrogen and oxygen atoms in total. The van der Waals surface area contributed by atoms with E-state index >= 15 is 0 Å². The minimum absolute atomic E-state index is 0.469. The van der Waals surface area contributed by atoms with Crippen LogP contribution in [0.2, 0.25) is 0 Å². The second kappa shape index (κ2) is 8.05. The molecule has 0 saturated heterocycles. The highest BCUT2D eigenvalue weighted by Crippen LogP contribution is 2.27. The number of nitrogens with two attached hydrogens (primary N) is 1. The van der Waals surface area contributed by atoms with Crippen molar-refractivity contribution in [2.45, 2.75) is 5.16 Å². The first kappa shape index (κ1) is 17.3. The van der Waals surface area contributed by atoms with E-state index in [1.807, 2.05) is 30.3 Å². The molecular formula is C17H14BrN5OS. The summed E-state index contributed by atoms with van der Waals surface area (Å²) in [5.74, 6) is 8.03. The van der Waals surface area contributed by atoms with Gasteiger partial charge in [0.1, 0.15) is 5.75 Å². The SMILES string of the molecule is N#Cc1cccc(OCCSc2nnc(-c3ccccc3Br)n2N)c1. The molecule has 0 saturated carbocycles. The number of benzene rings is 2. The van der Waals surface area contributed by atoms with Crippen molar-refractivity contribution in [2.24, 2.45) is 0 Å². The van der Waals surface area contributed by atoms with Gasteiger partial charge in [-0.25, -0.2) is 4.68 Å². The minimum Gasteiger partial charge on any atom is -0.493 e. The fourth-order valence-corrected chi connectivity index (χ4v) is 3.29. The molecule has 0 radical (unpaired) electrons. The zero-order chi connectivity index (χ0) is 17.6. The van der Waals surface area contributed by atoms with Crippen molar-refractivity contribution in [3.8, 4) is 23.2 Å². The van der Waals surface area contributed by atoms with Gasteiger partial charge in [0.25, 0.3) is 0 Å². The van der Waals surface area contributed by atoms with Gasteiger partial charge in [-0.3, -0.25) is 0 Å². The van der Waals surface area contributed by atoms with Crippen LogP contribution in [0.4, 0.5) is 0 Å². The average molecular weight is 416 g/mol. The van der Waals surface area contributed by atoms with Gasteiger partial charge in [-0.05, 0) is 30.3 Å². The Balaban J connectivity index is 1.59. The van der Waals surface area contributed by atoms with Crippen molar-refractivity contribution in [2.75, 3.05) is 18.2 Å². The Bertz CT molecular complexity index is 921. The molecule has 25 heavy (non-hydrogen) atoms. The number of thioether (sulfide) groups is 1. The maximum Gasteiger partial charge on any atom is 0.210 e. The fourth-order valence-electron chi connectivity index (χ4n) is 2.15. The van der Waals surface area contributed by atoms with Gasteiger partial charge in [-0.2, -0.15) is 5.26 Å². The van der Waals surface area contributed by atoms with Crippen LogP contribution < -0.4 is 10.6 Å². The number of hydrogen-bond donors (Lipinski definition) is 1. The predicted octanol–water partition coefficient (Wildman–Crippen LogP) is 3.46. The van der Waals surface area contributed by atoms with Crippen molar-refractivity contribution in [3.05, 3.63) is 58.6 Å². The van der Waals surface area contributed by atoms with Crippen molar-refractivity contribution < 1.29 is 4.74 Å². The highest BCUT2D eigenvalue weighted by Gasteiger charge is 2.14. The highest BCUT2D eigenvalue weighted by atomic mass is 79.9. The topological polar surface area (TPSA) is 89.8 Å². The Kier molecular flexibility index (Phi) is 5.58. The molecule has 0 fully saturated rings. The van der Waals surface area contributed by atoms with Crippen LogP contribution in [0.5, 0.6) is 5.75 Å². The molecule has 2 N–H and O–H groups in total. The van der Waals surface area contributed by atoms with Gasteiger partial charge in [-0.1, -0.05) is 45.9 Å². The lowest BCUT2D eigenvalue weighted by atomic mass is 10.2. The van der Waals surface area contributed by atoms with Crippen molar-refractivity contribution in [1.29, 1.82) is 5.26 Å². The van der Waals surface area contributed by atoms with E-state index in [-0.39, 0.29) is 0 Å². The Morgan fingerprint density at radius 1 is 1.20 bits per heavy atom. The summed E-state index contributed by atoms with van der Waals surface area (Å²) in [5, 5.41) is 17.8. The van der Waals surface area contributed by atoms with Crippen molar-refractivity contribution in [3.63, 3.8) is 0 Å². The van der Waals surface area contributed by atoms with Crippen molar-refractivity contribution >= 4 is 27.7 Å². The molecule has 3 rings (SSSR count). The van der Waals surface area contributed by atoms with Crippen LogP contribution in [-0.4, -0.2) is 27.2 Å². The van der Waals surface area contributed by atoms with E-state index in [1.54, 1.807) is 18.2 Å². The third kappa shape index (κ3) is 4.13. The zero-order valence-electron chi connectivity index (χ0n) is 13.1. The van der Waals surface area contributed by atoms with Gasteiger partial charge < -0.3 is 10.6 Å². The second-order valence-corrected chi connectivity index (χ2v) is 6.91. The summed E-state index contributed by atoms with van der Waals surface area (Å²) in [6, 6.07) is 16.9. The van der Waals surface area contributed by atoms with Crippen LogP contribution in [0.1, 0.15) is 5.56 Å². The Labute approximate surface area is 157 Å². The van der Waals surface area contributed by atoms with Gasteiger partial charge >= 0.3 is 0 Å². The molecule has 126 valence electrons. The standard InChI is InChI=1S/C17H14BrN5OS/c18-15-7-2-1-6-14(15)16-21-22-17(23(16)20)25-9-8-24-13-5-3-4-12(10-13)11-19/h1-7,10H,8-9,20H2. The summed E-state index contributed by atoms with van der Waals surface area (Å²) in [6.07, 6.45) is 0. The number of nitriles is 1. The van der Waals surface area contributed by atoms with E-state index in [4.69, 9.17) is 15.8 Å². The quantitative estimate of drug-likeness (QED) is 0.376. The summed E-state index contributed by atoms with van der Waals surface area (Å²) in [7, 11) is 0. The molecule has 0 aliphatic heterocycles. The van der Waals surface area contributed by atoms with Gasteiger partial charge in [-0.15, -0.1) is 10.2 Å². The number of nitrogen functional groups attached to an aromatic ring is 1. The molecule has 1 heterocycles. The third-order valence-corrected chi connectivity index (χ3v) is 4.92. The highest BCUT2D eigenvalue weighted by molar-refractivity contribution is 9.10. The predicted molar refractivity (Wildman–Crippen MR) is 101 cm³/mol. The van der Waals surface area contributed by atoms with Gasteiger partial charge in [0.05, 0.1) is 18.2 Å². The van der Waals surface area contributed by atoms with E-state index in [2.05, 4.69) is 32.2 Å². The molecule has 1 aromatic heterocycles. The second-order valence-electron chi connectivity index (χ2n) is 4.99. The smallest absolute Gasteiger partial charge is 0.210 e. The molecule has 2 aromatic carbocycles. The van der Waals surface area contributed by atoms with E-state index in [0.717, 1.165) is 10.0 Å². The molecule has 3 aromatic rings. The third-order valence-electron chi connectivity index (χ3n) is 3.33. The van der Waals surface area contributed by atoms with Gasteiger partial charge in [0.15, 0.2) is 5.82 Å². The summed E-state index contributed by atoms with van der Waals surface area (Å²) in [4.78, 5) is 0. The summed E-state index contributed by atoms with van der Waals surface area (Å²) in [5.41, 5.74) is 1.46. The molecule has 0 atom stereocenters. The lowest BCUT2D eigenvalue weighted by Gasteiger charge is -2.07. The maximum absolute atomic E-state index is 8.88. The van der Waals surface area contributed by atoms with Crippen LogP contribution in [0.15, 0.2) is 58.2 Å². The molecule has 0 spiro atoms. The Morgan fingerprint density at radius 2 is 2.04 bits per heavy atom. The number of nitrogens with zero attached hydrogens (tertiary/aromatic N) is 4. The minimum atomic E-state index is 0.469. The average Bonchev–Trinajstić information content (AvgIpc) is 3.00. The van der Waals surface area contributed by atoms with E-state index in [0.29, 0.717) is 34.7 Å². The van der Waals surface area contributed by atoms with Gasteiger partial charge in [0.2, 0.25) is 5.16 Å². The van der Waals surface area contributed by atoms with E-state index in [9.17, 15) is 0 Å². The van der Waals surface area contributed by atoms with Crippen LogP contribution in [0, 0.1) is 11.3 Å². The van der Waals surface area contributed by atoms with Crippen LogP contribution in [0.3, 0.4) is 0 Å². The first-order valence-electron chi connectivity index (χ1n) is 7.40. The molecule has 0 aliphatic rings. The first-order valence-corrected chi connectivity index (χ1v) is 9.18. The lowest BCUT2D eigenvalue weighted by Crippen LogP contribution is -2.12. The lowest BCUT2D eigenvalue weighted by molar-refractivity contribution is 0.343. The summed E-state index contributed by atoms with van der Waals surface area (Å²) >= 11 is 4.95. The molecular weight excluding hydrogens is 402 g/mol. The number of ether oxygens (including phenoxy) is 1.